The lowest BCUT2D eigenvalue weighted by Gasteiger charge is -2.14. The number of aromatic nitrogens is 1. The van der Waals surface area contributed by atoms with Gasteiger partial charge < -0.3 is 5.11 Å². The zero-order valence-corrected chi connectivity index (χ0v) is 8.69. The summed E-state index contributed by atoms with van der Waals surface area (Å²) in [4.78, 5) is 3.90. The summed E-state index contributed by atoms with van der Waals surface area (Å²) in [5.74, 6) is 0.143. The van der Waals surface area contributed by atoms with Crippen LogP contribution in [0.2, 0.25) is 0 Å². The van der Waals surface area contributed by atoms with Crippen LogP contribution in [-0.4, -0.2) is 10.1 Å². The Balaban J connectivity index is 2.00. The van der Waals surface area contributed by atoms with Crippen molar-refractivity contribution in [3.8, 4) is 0 Å². The van der Waals surface area contributed by atoms with Crippen molar-refractivity contribution in [1.82, 2.24) is 4.98 Å². The Labute approximate surface area is 89.2 Å². The second-order valence-corrected chi connectivity index (χ2v) is 4.27. The molecule has 1 saturated carbocycles. The van der Waals surface area contributed by atoms with Crippen LogP contribution in [0.4, 0.5) is 4.39 Å². The van der Waals surface area contributed by atoms with E-state index in [2.05, 4.69) is 4.98 Å². The van der Waals surface area contributed by atoms with Crippen molar-refractivity contribution >= 4 is 0 Å². The lowest BCUT2D eigenvalue weighted by Crippen LogP contribution is -2.08. The van der Waals surface area contributed by atoms with E-state index in [1.807, 2.05) is 0 Å². The Bertz CT molecular complexity index is 323. The molecule has 0 aromatic carbocycles. The zero-order valence-electron chi connectivity index (χ0n) is 8.69. The summed E-state index contributed by atoms with van der Waals surface area (Å²) < 4.78 is 13.3. The van der Waals surface area contributed by atoms with Crippen LogP contribution in [0.25, 0.3) is 0 Å². The third-order valence-electron chi connectivity index (χ3n) is 3.13. The van der Waals surface area contributed by atoms with Crippen molar-refractivity contribution in [2.24, 2.45) is 5.92 Å². The van der Waals surface area contributed by atoms with Gasteiger partial charge in [0.15, 0.2) is 0 Å². The third-order valence-corrected chi connectivity index (χ3v) is 3.13. The van der Waals surface area contributed by atoms with E-state index in [4.69, 9.17) is 0 Å². The average molecular weight is 209 g/mol. The number of nitrogens with zero attached hydrogens (tertiary/aromatic N) is 1. The van der Waals surface area contributed by atoms with Gasteiger partial charge in [-0.05, 0) is 24.5 Å². The van der Waals surface area contributed by atoms with E-state index in [0.717, 1.165) is 12.8 Å². The van der Waals surface area contributed by atoms with E-state index >= 15 is 0 Å². The molecule has 1 N–H and O–H groups in total. The summed E-state index contributed by atoms with van der Waals surface area (Å²) in [7, 11) is 0. The molecule has 1 unspecified atom stereocenters. The molecule has 1 aliphatic carbocycles. The number of rotatable bonds is 3. The summed E-state index contributed by atoms with van der Waals surface area (Å²) in [5.41, 5.74) is 0.199. The smallest absolute Gasteiger partial charge is 0.147 e. The Hall–Kier alpha value is -0.960. The second kappa shape index (κ2) is 4.71. The van der Waals surface area contributed by atoms with Crippen molar-refractivity contribution < 1.29 is 9.50 Å². The maximum absolute atomic E-state index is 13.3. The normalized spacial score (nSPS) is 19.3. The third kappa shape index (κ3) is 2.53. The maximum Gasteiger partial charge on any atom is 0.147 e. The molecule has 1 aromatic rings. The first-order chi connectivity index (χ1) is 7.27. The molecule has 1 aromatic heterocycles. The van der Waals surface area contributed by atoms with Crippen molar-refractivity contribution in [2.45, 2.75) is 38.2 Å². The number of aliphatic hydroxyl groups excluding tert-OH is 1. The van der Waals surface area contributed by atoms with Crippen LogP contribution in [0.3, 0.4) is 0 Å². The van der Waals surface area contributed by atoms with Crippen molar-refractivity contribution in [2.75, 3.05) is 0 Å². The standard InChI is InChI=1S/C12H16FNO/c13-10-6-3-7-14-12(10)11(15)8-9-4-1-2-5-9/h3,6-7,9,11,15H,1-2,4-5,8H2. The first kappa shape index (κ1) is 10.6. The molecule has 1 fully saturated rings. The first-order valence-corrected chi connectivity index (χ1v) is 5.56. The summed E-state index contributed by atoms with van der Waals surface area (Å²) >= 11 is 0. The number of aliphatic hydroxyl groups is 1. The maximum atomic E-state index is 13.3. The number of hydrogen-bond acceptors (Lipinski definition) is 2. The summed E-state index contributed by atoms with van der Waals surface area (Å²) in [6.45, 7) is 0. The lowest BCUT2D eigenvalue weighted by atomic mass is 9.98. The highest BCUT2D eigenvalue weighted by atomic mass is 19.1. The predicted molar refractivity (Wildman–Crippen MR) is 55.7 cm³/mol. The first-order valence-electron chi connectivity index (χ1n) is 5.56. The Kier molecular flexibility index (Phi) is 3.31. The summed E-state index contributed by atoms with van der Waals surface area (Å²) in [6, 6.07) is 2.89. The fraction of sp³-hybridized carbons (Fsp3) is 0.583. The van der Waals surface area contributed by atoms with Crippen LogP contribution in [-0.2, 0) is 0 Å². The van der Waals surface area contributed by atoms with Gasteiger partial charge in [0.1, 0.15) is 11.5 Å². The van der Waals surface area contributed by atoms with Gasteiger partial charge >= 0.3 is 0 Å². The van der Waals surface area contributed by atoms with Crippen LogP contribution in [0.5, 0.6) is 0 Å². The lowest BCUT2D eigenvalue weighted by molar-refractivity contribution is 0.136. The highest BCUT2D eigenvalue weighted by molar-refractivity contribution is 5.09. The minimum Gasteiger partial charge on any atom is -0.387 e. The molecule has 1 heterocycles. The highest BCUT2D eigenvalue weighted by Crippen LogP contribution is 2.32. The zero-order chi connectivity index (χ0) is 10.7. The molecule has 0 amide bonds. The molecule has 1 aliphatic rings. The van der Waals surface area contributed by atoms with Gasteiger partial charge in [-0.2, -0.15) is 0 Å². The van der Waals surface area contributed by atoms with E-state index in [1.165, 1.54) is 25.1 Å². The Morgan fingerprint density at radius 2 is 2.20 bits per heavy atom. The number of pyridine rings is 1. The highest BCUT2D eigenvalue weighted by Gasteiger charge is 2.22. The van der Waals surface area contributed by atoms with Crippen molar-refractivity contribution in [3.63, 3.8) is 0 Å². The Morgan fingerprint density at radius 3 is 2.87 bits per heavy atom. The molecule has 82 valence electrons. The Morgan fingerprint density at radius 1 is 1.47 bits per heavy atom. The molecule has 15 heavy (non-hydrogen) atoms. The SMILES string of the molecule is OC(CC1CCCC1)c1ncccc1F. The summed E-state index contributed by atoms with van der Waals surface area (Å²) in [5, 5.41) is 9.86. The molecule has 0 radical (unpaired) electrons. The van der Waals surface area contributed by atoms with Crippen molar-refractivity contribution in [3.05, 3.63) is 29.8 Å². The molecular weight excluding hydrogens is 193 g/mol. The van der Waals surface area contributed by atoms with Gasteiger partial charge in [-0.3, -0.25) is 4.98 Å². The van der Waals surface area contributed by atoms with Crippen LogP contribution in [0, 0.1) is 11.7 Å². The molecule has 0 bridgehead atoms. The predicted octanol–water partition coefficient (Wildman–Crippen LogP) is 2.83. The summed E-state index contributed by atoms with van der Waals surface area (Å²) in [6.07, 6.45) is 6.22. The fourth-order valence-corrected chi connectivity index (χ4v) is 2.32. The number of hydrogen-bond donors (Lipinski definition) is 1. The minimum absolute atomic E-state index is 0.199. The van der Waals surface area contributed by atoms with Crippen LogP contribution in [0.15, 0.2) is 18.3 Å². The molecule has 0 saturated heterocycles. The average Bonchev–Trinajstić information content (AvgIpc) is 2.71. The monoisotopic (exact) mass is 209 g/mol. The second-order valence-electron chi connectivity index (χ2n) is 4.27. The molecule has 0 spiro atoms. The van der Waals surface area contributed by atoms with Crippen LogP contribution in [0.1, 0.15) is 43.9 Å². The molecule has 1 atom stereocenters. The van der Waals surface area contributed by atoms with Crippen LogP contribution < -0.4 is 0 Å². The topological polar surface area (TPSA) is 33.1 Å². The van der Waals surface area contributed by atoms with E-state index in [-0.39, 0.29) is 5.69 Å². The van der Waals surface area contributed by atoms with Gasteiger partial charge in [-0.25, -0.2) is 4.39 Å². The quantitative estimate of drug-likeness (QED) is 0.830. The van der Waals surface area contributed by atoms with E-state index in [1.54, 1.807) is 6.07 Å². The van der Waals surface area contributed by atoms with Gasteiger partial charge in [0.05, 0.1) is 6.10 Å². The van der Waals surface area contributed by atoms with Gasteiger partial charge in [0.25, 0.3) is 0 Å². The largest absolute Gasteiger partial charge is 0.387 e. The molecule has 3 heteroatoms. The molecule has 2 nitrogen and oxygen atoms in total. The van der Waals surface area contributed by atoms with Gasteiger partial charge in [0.2, 0.25) is 0 Å². The van der Waals surface area contributed by atoms with E-state index in [9.17, 15) is 9.50 Å². The molecule has 2 rings (SSSR count). The van der Waals surface area contributed by atoms with Crippen LogP contribution >= 0.6 is 0 Å². The minimum atomic E-state index is -0.741. The van der Waals surface area contributed by atoms with Gasteiger partial charge in [-0.15, -0.1) is 0 Å². The van der Waals surface area contributed by atoms with E-state index in [0.29, 0.717) is 12.3 Å². The number of halogens is 1. The van der Waals surface area contributed by atoms with Gasteiger partial charge in [-0.1, -0.05) is 25.7 Å². The van der Waals surface area contributed by atoms with Gasteiger partial charge in [0, 0.05) is 6.20 Å². The van der Waals surface area contributed by atoms with E-state index < -0.39 is 11.9 Å². The molecular formula is C12H16FNO. The molecule has 0 aliphatic heterocycles. The fourth-order valence-electron chi connectivity index (χ4n) is 2.32. The van der Waals surface area contributed by atoms with Crippen molar-refractivity contribution in [1.29, 1.82) is 0 Å².